The van der Waals surface area contributed by atoms with Gasteiger partial charge in [0, 0.05) is 26.2 Å². The van der Waals surface area contributed by atoms with Gasteiger partial charge in [-0.3, -0.25) is 14.9 Å². The predicted molar refractivity (Wildman–Crippen MR) is 178 cm³/mol. The van der Waals surface area contributed by atoms with Crippen molar-refractivity contribution < 1.29 is 28.6 Å². The van der Waals surface area contributed by atoms with Gasteiger partial charge < -0.3 is 14.2 Å². The van der Waals surface area contributed by atoms with Gasteiger partial charge in [-0.15, -0.1) is 0 Å². The molecule has 1 fully saturated rings. The van der Waals surface area contributed by atoms with Crippen LogP contribution < -0.4 is 24.4 Å². The van der Waals surface area contributed by atoms with Crippen LogP contribution in [0, 0.1) is 3.57 Å². The Morgan fingerprint density at radius 3 is 2.25 bits per heavy atom. The van der Waals surface area contributed by atoms with Crippen LogP contribution in [0.5, 0.6) is 17.2 Å². The van der Waals surface area contributed by atoms with E-state index in [4.69, 9.17) is 49.0 Å². The molecule has 5 rings (SSSR count). The second-order valence-corrected chi connectivity index (χ2v) is 11.8. The lowest BCUT2D eigenvalue weighted by Gasteiger charge is -2.26. The van der Waals surface area contributed by atoms with Crippen LogP contribution in [-0.2, 0) is 22.8 Å². The van der Waals surface area contributed by atoms with E-state index < -0.39 is 17.8 Å². The Bertz CT molecular complexity index is 1800. The minimum Gasteiger partial charge on any atom is -0.493 e. The zero-order valence-electron chi connectivity index (χ0n) is 22.9. The number of nitrogens with zero attached hydrogens (tertiary/aromatic N) is 1. The van der Waals surface area contributed by atoms with Crippen molar-refractivity contribution in [2.24, 2.45) is 0 Å². The Hall–Kier alpha value is -3.77. The third-order valence-electron chi connectivity index (χ3n) is 6.50. The molecule has 1 heterocycles. The summed E-state index contributed by atoms with van der Waals surface area (Å²) < 4.78 is 18.0. The fourth-order valence-electron chi connectivity index (χ4n) is 4.28. The SMILES string of the molecule is COc1cc(/C=C2\C(=O)NC(=O)N(c3ccc(OCc4ccccc4Cl)cc3)C2=O)cc(I)c1OCc1ccc(Cl)cc1Cl. The highest BCUT2D eigenvalue weighted by Crippen LogP contribution is 2.36. The number of hydrogen-bond donors (Lipinski definition) is 1. The molecular weight excluding hydrogens is 742 g/mol. The number of hydrogen-bond acceptors (Lipinski definition) is 6. The van der Waals surface area contributed by atoms with Crippen molar-refractivity contribution in [1.82, 2.24) is 5.32 Å². The van der Waals surface area contributed by atoms with Gasteiger partial charge in [0.05, 0.1) is 16.4 Å². The summed E-state index contributed by atoms with van der Waals surface area (Å²) in [5.41, 5.74) is 2.05. The highest BCUT2D eigenvalue weighted by Gasteiger charge is 2.37. The summed E-state index contributed by atoms with van der Waals surface area (Å²) in [4.78, 5) is 39.8. The van der Waals surface area contributed by atoms with E-state index in [-0.39, 0.29) is 24.5 Å². The van der Waals surface area contributed by atoms with Crippen LogP contribution in [0.15, 0.2) is 84.4 Å². The summed E-state index contributed by atoms with van der Waals surface area (Å²) in [6, 6.07) is 21.3. The smallest absolute Gasteiger partial charge is 0.335 e. The first kappa shape index (κ1) is 31.6. The number of ether oxygens (including phenoxy) is 3. The summed E-state index contributed by atoms with van der Waals surface area (Å²) in [7, 11) is 1.48. The Balaban J connectivity index is 1.35. The third kappa shape index (κ3) is 7.13. The molecule has 4 aromatic carbocycles. The van der Waals surface area contributed by atoms with Crippen molar-refractivity contribution in [3.05, 3.63) is 120 Å². The first-order chi connectivity index (χ1) is 21.1. The molecule has 0 aromatic heterocycles. The van der Waals surface area contributed by atoms with Crippen LogP contribution >= 0.6 is 57.4 Å². The third-order valence-corrected chi connectivity index (χ3v) is 8.26. The van der Waals surface area contributed by atoms with E-state index in [0.29, 0.717) is 41.5 Å². The highest BCUT2D eigenvalue weighted by atomic mass is 127. The fraction of sp³-hybridized carbons (Fsp3) is 0.0938. The van der Waals surface area contributed by atoms with E-state index >= 15 is 0 Å². The first-order valence-corrected chi connectivity index (χ1v) is 15.2. The van der Waals surface area contributed by atoms with Crippen LogP contribution in [0.1, 0.15) is 16.7 Å². The lowest BCUT2D eigenvalue weighted by Crippen LogP contribution is -2.54. The molecule has 8 nitrogen and oxygen atoms in total. The maximum absolute atomic E-state index is 13.5. The number of benzene rings is 4. The fourth-order valence-corrected chi connectivity index (χ4v) is 5.71. The molecule has 1 aliphatic heterocycles. The minimum atomic E-state index is -0.862. The van der Waals surface area contributed by atoms with E-state index in [1.54, 1.807) is 60.7 Å². The number of halogens is 4. The van der Waals surface area contributed by atoms with Gasteiger partial charge in [0.15, 0.2) is 11.5 Å². The van der Waals surface area contributed by atoms with Crippen molar-refractivity contribution in [1.29, 1.82) is 0 Å². The van der Waals surface area contributed by atoms with Crippen molar-refractivity contribution >= 4 is 87.0 Å². The number of barbiturate groups is 1. The Labute approximate surface area is 281 Å². The van der Waals surface area contributed by atoms with Gasteiger partial charge in [-0.1, -0.05) is 59.1 Å². The number of urea groups is 1. The summed E-state index contributed by atoms with van der Waals surface area (Å²) in [5, 5.41) is 3.80. The summed E-state index contributed by atoms with van der Waals surface area (Å²) in [6.45, 7) is 0.398. The van der Waals surface area contributed by atoms with Gasteiger partial charge in [-0.25, -0.2) is 9.69 Å². The van der Waals surface area contributed by atoms with Gasteiger partial charge in [0.1, 0.15) is 24.5 Å². The lowest BCUT2D eigenvalue weighted by atomic mass is 10.1. The highest BCUT2D eigenvalue weighted by molar-refractivity contribution is 14.1. The molecule has 0 atom stereocenters. The molecule has 4 aromatic rings. The van der Waals surface area contributed by atoms with Crippen LogP contribution in [0.4, 0.5) is 10.5 Å². The molecule has 1 aliphatic rings. The summed E-state index contributed by atoms with van der Waals surface area (Å²) >= 11 is 20.5. The van der Waals surface area contributed by atoms with Gasteiger partial charge in [-0.2, -0.15) is 0 Å². The minimum absolute atomic E-state index is 0.157. The van der Waals surface area contributed by atoms with Crippen molar-refractivity contribution in [3.8, 4) is 17.2 Å². The van der Waals surface area contributed by atoms with Gasteiger partial charge in [0.2, 0.25) is 0 Å². The van der Waals surface area contributed by atoms with Crippen molar-refractivity contribution in [2.75, 3.05) is 12.0 Å². The molecule has 0 aliphatic carbocycles. The predicted octanol–water partition coefficient (Wildman–Crippen LogP) is 8.08. The molecule has 0 unspecified atom stereocenters. The molecule has 12 heteroatoms. The number of nitrogens with one attached hydrogen (secondary N) is 1. The molecule has 1 saturated heterocycles. The van der Waals surface area contributed by atoms with Gasteiger partial charge in [-0.05, 0) is 88.8 Å². The number of carbonyl (C=O) groups excluding carboxylic acids is 3. The lowest BCUT2D eigenvalue weighted by molar-refractivity contribution is -0.122. The van der Waals surface area contributed by atoms with E-state index in [9.17, 15) is 14.4 Å². The summed E-state index contributed by atoms with van der Waals surface area (Å²) in [5.74, 6) is -0.266. The molecule has 224 valence electrons. The Morgan fingerprint density at radius 1 is 0.841 bits per heavy atom. The zero-order chi connectivity index (χ0) is 31.4. The van der Waals surface area contributed by atoms with E-state index in [1.807, 2.05) is 18.2 Å². The molecular formula is C32H22Cl3IN2O6. The standard InChI is InChI=1S/C32H22Cl3IN2O6/c1-42-28-14-18(13-27(36)29(28)44-17-20-6-7-21(33)15-26(20)35)12-24-30(39)37-32(41)38(31(24)40)22-8-10-23(11-9-22)43-16-19-4-2-3-5-25(19)34/h2-15H,16-17H2,1H3,(H,37,39,41)/b24-12+. The monoisotopic (exact) mass is 762 g/mol. The first-order valence-electron chi connectivity index (χ1n) is 13.0. The number of rotatable bonds is 9. The van der Waals surface area contributed by atoms with Crippen LogP contribution in [0.3, 0.4) is 0 Å². The normalized spacial score (nSPS) is 14.1. The van der Waals surface area contributed by atoms with Gasteiger partial charge >= 0.3 is 6.03 Å². The quantitative estimate of drug-likeness (QED) is 0.105. The van der Waals surface area contributed by atoms with E-state index in [2.05, 4.69) is 27.9 Å². The number of anilines is 1. The number of imide groups is 2. The molecule has 0 radical (unpaired) electrons. The topological polar surface area (TPSA) is 94.2 Å². The second-order valence-electron chi connectivity index (χ2n) is 9.39. The largest absolute Gasteiger partial charge is 0.493 e. The van der Waals surface area contributed by atoms with Crippen LogP contribution in [-0.4, -0.2) is 25.0 Å². The average Bonchev–Trinajstić information content (AvgIpc) is 2.99. The number of methoxy groups -OCH3 is 1. The molecule has 0 saturated carbocycles. The second kappa shape index (κ2) is 13.9. The number of amides is 4. The van der Waals surface area contributed by atoms with Crippen molar-refractivity contribution in [3.63, 3.8) is 0 Å². The molecule has 1 N–H and O–H groups in total. The molecule has 0 bridgehead atoms. The Morgan fingerprint density at radius 2 is 1.55 bits per heavy atom. The van der Waals surface area contributed by atoms with Crippen molar-refractivity contribution in [2.45, 2.75) is 13.2 Å². The average molecular weight is 764 g/mol. The Kier molecular flexibility index (Phi) is 10.00. The van der Waals surface area contributed by atoms with E-state index in [0.717, 1.165) is 16.0 Å². The number of carbonyl (C=O) groups is 3. The molecule has 4 amide bonds. The summed E-state index contributed by atoms with van der Waals surface area (Å²) in [6.07, 6.45) is 1.39. The van der Waals surface area contributed by atoms with E-state index in [1.165, 1.54) is 13.2 Å². The van der Waals surface area contributed by atoms with Crippen LogP contribution in [0.25, 0.3) is 6.08 Å². The maximum Gasteiger partial charge on any atom is 0.335 e. The zero-order valence-corrected chi connectivity index (χ0v) is 27.3. The molecule has 44 heavy (non-hydrogen) atoms. The molecule has 0 spiro atoms. The van der Waals surface area contributed by atoms with Gasteiger partial charge in [0.25, 0.3) is 11.8 Å². The van der Waals surface area contributed by atoms with Crippen LogP contribution in [0.2, 0.25) is 15.1 Å². The maximum atomic E-state index is 13.5.